The second-order valence-electron chi connectivity index (χ2n) is 10.1. The van der Waals surface area contributed by atoms with Crippen molar-refractivity contribution >= 4 is 18.1 Å². The predicted molar refractivity (Wildman–Crippen MR) is 126 cm³/mol. The molecule has 0 fully saturated rings. The summed E-state index contributed by atoms with van der Waals surface area (Å²) >= 11 is -3.49. The molecule has 0 spiro atoms. The molecule has 2 aliphatic carbocycles. The van der Waals surface area contributed by atoms with Crippen molar-refractivity contribution in [1.29, 1.82) is 0 Å². The van der Waals surface area contributed by atoms with Crippen LogP contribution in [-0.4, -0.2) is 5.98 Å². The van der Waals surface area contributed by atoms with Gasteiger partial charge in [-0.05, 0) is 0 Å². The van der Waals surface area contributed by atoms with Gasteiger partial charge in [0, 0.05) is 0 Å². The van der Waals surface area contributed by atoms with Crippen molar-refractivity contribution in [1.82, 2.24) is 0 Å². The van der Waals surface area contributed by atoms with Gasteiger partial charge < -0.3 is 0 Å². The topological polar surface area (TPSA) is 0 Å². The molecule has 2 aliphatic rings. The Kier molecular flexibility index (Phi) is 5.11. The summed E-state index contributed by atoms with van der Waals surface area (Å²) in [5.41, 5.74) is 9.58. The fourth-order valence-electron chi connectivity index (χ4n) is 7.59. The summed E-state index contributed by atoms with van der Waals surface area (Å²) in [4.78, 5) is 0. The van der Waals surface area contributed by atoms with Crippen LogP contribution in [0.25, 0.3) is 12.2 Å². The Morgan fingerprint density at radius 3 is 1.50 bits per heavy atom. The van der Waals surface area contributed by atoms with Crippen molar-refractivity contribution in [3.05, 3.63) is 81.9 Å². The van der Waals surface area contributed by atoms with Gasteiger partial charge in [0.2, 0.25) is 0 Å². The maximum absolute atomic E-state index is 3.49. The van der Waals surface area contributed by atoms with Crippen molar-refractivity contribution in [2.24, 2.45) is 0 Å². The average Bonchev–Trinajstić information content (AvgIpc) is 3.18. The molecule has 2 aromatic carbocycles. The quantitative estimate of drug-likeness (QED) is 0.331. The summed E-state index contributed by atoms with van der Waals surface area (Å²) < 4.78 is 7.19. The Hall–Kier alpha value is -0.993. The molecule has 147 valence electrons. The van der Waals surface area contributed by atoms with Crippen LogP contribution in [0.4, 0.5) is 0 Å². The summed E-state index contributed by atoms with van der Waals surface area (Å²) in [5, 5.41) is 0. The first kappa shape index (κ1) is 20.3. The van der Waals surface area contributed by atoms with Crippen LogP contribution in [0.15, 0.2) is 59.7 Å². The third-order valence-corrected chi connectivity index (χ3v) is 73.5. The standard InChI is InChI=1S/2C10H9.C4H11Si.2CH3.Hf/c2*1-8-6-9-4-2-3-5-10(9)7-8;1-3-5-4-2;;;/h2*2-7H,1H3;5H,3-4H2,1-2H3;2*1H3;. The molecule has 0 N–H and O–H groups in total. The van der Waals surface area contributed by atoms with Crippen LogP contribution in [0.1, 0.15) is 57.3 Å². The van der Waals surface area contributed by atoms with E-state index in [4.69, 9.17) is 0 Å². The predicted octanol–water partition coefficient (Wildman–Crippen LogP) is 7.85. The van der Waals surface area contributed by atoms with Crippen LogP contribution < -0.4 is 0 Å². The zero-order valence-electron chi connectivity index (χ0n) is 18.4. The Morgan fingerprint density at radius 2 is 1.11 bits per heavy atom. The molecule has 0 saturated carbocycles. The van der Waals surface area contributed by atoms with E-state index in [2.05, 4.69) is 97.7 Å². The van der Waals surface area contributed by atoms with Gasteiger partial charge in [0.1, 0.15) is 0 Å². The van der Waals surface area contributed by atoms with E-state index in [1.54, 1.807) is 22.3 Å². The van der Waals surface area contributed by atoms with Crippen molar-refractivity contribution in [2.75, 3.05) is 0 Å². The van der Waals surface area contributed by atoms with Crippen LogP contribution in [-0.2, 0) is 17.7 Å². The Bertz CT molecular complexity index is 906. The molecule has 0 saturated heterocycles. The van der Waals surface area contributed by atoms with Gasteiger partial charge in [-0.3, -0.25) is 0 Å². The van der Waals surface area contributed by atoms with E-state index in [-0.39, 0.29) is 0 Å². The van der Waals surface area contributed by atoms with Gasteiger partial charge >= 0.3 is 174 Å². The summed E-state index contributed by atoms with van der Waals surface area (Å²) in [6.45, 7) is 9.88. The minimum atomic E-state index is -3.49. The number of fused-ring (bicyclic) bond motifs is 2. The van der Waals surface area contributed by atoms with Crippen molar-refractivity contribution < 1.29 is 17.7 Å². The molecule has 2 heteroatoms. The molecule has 0 aromatic heterocycles. The number of allylic oxidation sites excluding steroid dienone is 2. The Labute approximate surface area is 173 Å². The van der Waals surface area contributed by atoms with Crippen LogP contribution >= 0.6 is 0 Å². The number of hydrogen-bond donors (Lipinski definition) is 0. The SMILES string of the molecule is CC[SiH](CC)[Hf]([CH3])([CH3])([CH]1C(C)=Cc2ccccc21)[CH]1C(C)=Cc2ccccc21. The molecule has 0 nitrogen and oxygen atoms in total. The fourth-order valence-corrected chi connectivity index (χ4v) is 77.9. The van der Waals surface area contributed by atoms with E-state index in [1.807, 2.05) is 0 Å². The van der Waals surface area contributed by atoms with Gasteiger partial charge in [-0.15, -0.1) is 0 Å². The molecule has 0 heterocycles. The van der Waals surface area contributed by atoms with E-state index < -0.39 is 23.7 Å². The van der Waals surface area contributed by atoms with Gasteiger partial charge in [-0.25, -0.2) is 0 Å². The van der Waals surface area contributed by atoms with Gasteiger partial charge in [0.25, 0.3) is 0 Å². The third-order valence-electron chi connectivity index (χ3n) is 8.39. The fraction of sp³-hybridized carbons (Fsp3) is 0.385. The van der Waals surface area contributed by atoms with Crippen LogP contribution in [0, 0.1) is 0 Å². The first-order chi connectivity index (χ1) is 13.3. The molecule has 2 atom stereocenters. The molecule has 0 radical (unpaired) electrons. The second kappa shape index (κ2) is 7.06. The molecule has 0 bridgehead atoms. The van der Waals surface area contributed by atoms with E-state index in [0.717, 1.165) is 0 Å². The normalized spacial score (nSPS) is 22.3. The second-order valence-corrected chi connectivity index (χ2v) is 60.7. The van der Waals surface area contributed by atoms with Gasteiger partial charge in [-0.1, -0.05) is 0 Å². The number of benzene rings is 2. The minimum absolute atomic E-state index is 0.712. The van der Waals surface area contributed by atoms with E-state index in [9.17, 15) is 0 Å². The zero-order valence-corrected chi connectivity index (χ0v) is 23.2. The summed E-state index contributed by atoms with van der Waals surface area (Å²) in [7, 11) is 0. The molecule has 2 aromatic rings. The van der Waals surface area contributed by atoms with Crippen LogP contribution in [0.3, 0.4) is 0 Å². The number of hydrogen-bond acceptors (Lipinski definition) is 0. The molecule has 2 unspecified atom stereocenters. The van der Waals surface area contributed by atoms with E-state index >= 15 is 0 Å². The van der Waals surface area contributed by atoms with Crippen LogP contribution in [0.2, 0.25) is 21.4 Å². The van der Waals surface area contributed by atoms with Crippen LogP contribution in [0.5, 0.6) is 0 Å². The first-order valence-corrected chi connectivity index (χ1v) is 30.8. The van der Waals surface area contributed by atoms with E-state index in [0.29, 0.717) is 7.35 Å². The number of rotatable bonds is 5. The summed E-state index contributed by atoms with van der Waals surface area (Å²) in [6, 6.07) is 21.4. The average molecular weight is 554 g/mol. The van der Waals surface area contributed by atoms with Gasteiger partial charge in [0.05, 0.1) is 0 Å². The molecular formula is C26H35HfSi. The summed E-state index contributed by atoms with van der Waals surface area (Å²) in [5.74, 6) is -0.900. The van der Waals surface area contributed by atoms with Crippen molar-refractivity contribution in [3.63, 3.8) is 0 Å². The van der Waals surface area contributed by atoms with Crippen molar-refractivity contribution in [2.45, 2.75) is 56.5 Å². The third kappa shape index (κ3) is 2.70. The van der Waals surface area contributed by atoms with Gasteiger partial charge in [-0.2, -0.15) is 0 Å². The molecule has 0 aliphatic heterocycles. The molecule has 4 rings (SSSR count). The van der Waals surface area contributed by atoms with Gasteiger partial charge in [0.15, 0.2) is 0 Å². The van der Waals surface area contributed by atoms with Crippen molar-refractivity contribution in [3.8, 4) is 0 Å². The molecular weight excluding hydrogens is 519 g/mol. The molecule has 0 amide bonds. The Morgan fingerprint density at radius 1 is 0.714 bits per heavy atom. The molecule has 28 heavy (non-hydrogen) atoms. The summed E-state index contributed by atoms with van der Waals surface area (Å²) in [6.07, 6.45) is 5.03. The Balaban J connectivity index is 2.02. The maximum atomic E-state index is 2.88. The van der Waals surface area contributed by atoms with E-state index in [1.165, 1.54) is 23.2 Å². The monoisotopic (exact) mass is 555 g/mol. The zero-order chi connectivity index (χ0) is 20.1. The first-order valence-electron chi connectivity index (χ1n) is 11.1.